The van der Waals surface area contributed by atoms with Gasteiger partial charge in [0.15, 0.2) is 0 Å². The van der Waals surface area contributed by atoms with Gasteiger partial charge in [0.1, 0.15) is 11.5 Å². The van der Waals surface area contributed by atoms with Crippen molar-refractivity contribution < 1.29 is 23.0 Å². The normalized spacial score (nSPS) is 10.3. The fourth-order valence-electron chi connectivity index (χ4n) is 1.79. The summed E-state index contributed by atoms with van der Waals surface area (Å²) in [6, 6.07) is 12.6. The number of rotatable bonds is 5. The molecule has 0 bridgehead atoms. The van der Waals surface area contributed by atoms with Gasteiger partial charge in [-0.15, -0.1) is 0 Å². The molecule has 0 radical (unpaired) electrons. The minimum absolute atomic E-state index is 0.101. The molecule has 0 aliphatic heterocycles. The quantitative estimate of drug-likeness (QED) is 0.917. The number of carbonyl (C=O) groups excluding carboxylic acids is 1. The lowest BCUT2D eigenvalue weighted by Crippen LogP contribution is -2.14. The maximum absolute atomic E-state index is 12.3. The third kappa shape index (κ3) is 3.68. The molecule has 2 rings (SSSR count). The molecule has 0 unspecified atom stereocenters. The number of alkyl halides is 2. The van der Waals surface area contributed by atoms with Gasteiger partial charge in [-0.3, -0.25) is 4.79 Å². The van der Waals surface area contributed by atoms with Gasteiger partial charge in [0.2, 0.25) is 0 Å². The van der Waals surface area contributed by atoms with Crippen molar-refractivity contribution in [2.24, 2.45) is 0 Å². The minimum Gasteiger partial charge on any atom is -0.496 e. The number of nitrogens with one attached hydrogen (secondary N) is 1. The summed E-state index contributed by atoms with van der Waals surface area (Å²) in [5.74, 6) is -0.184. The van der Waals surface area contributed by atoms with Crippen LogP contribution >= 0.6 is 0 Å². The number of hydrogen-bond acceptors (Lipinski definition) is 3. The maximum Gasteiger partial charge on any atom is 0.387 e. The van der Waals surface area contributed by atoms with E-state index in [-0.39, 0.29) is 11.4 Å². The van der Waals surface area contributed by atoms with Gasteiger partial charge in [-0.2, -0.15) is 8.78 Å². The van der Waals surface area contributed by atoms with E-state index in [1.807, 2.05) is 0 Å². The summed E-state index contributed by atoms with van der Waals surface area (Å²) in [4.78, 5) is 12.2. The Bertz CT molecular complexity index is 632. The Kier molecular flexibility index (Phi) is 4.71. The summed E-state index contributed by atoms with van der Waals surface area (Å²) in [6.07, 6.45) is 0. The monoisotopic (exact) mass is 293 g/mol. The van der Waals surface area contributed by atoms with Crippen LogP contribution in [0.2, 0.25) is 0 Å². The highest BCUT2D eigenvalue weighted by molar-refractivity contribution is 6.06. The largest absolute Gasteiger partial charge is 0.496 e. The van der Waals surface area contributed by atoms with Gasteiger partial charge >= 0.3 is 6.61 Å². The second-order valence-corrected chi connectivity index (χ2v) is 4.03. The number of carbonyl (C=O) groups is 1. The Balaban J connectivity index is 2.24. The molecule has 0 saturated carbocycles. The average molecular weight is 293 g/mol. The van der Waals surface area contributed by atoms with Gasteiger partial charge in [0, 0.05) is 0 Å². The molecule has 1 N–H and O–H groups in total. The van der Waals surface area contributed by atoms with Crippen LogP contribution in [-0.2, 0) is 0 Å². The van der Waals surface area contributed by atoms with Crippen molar-refractivity contribution in [3.05, 3.63) is 54.1 Å². The van der Waals surface area contributed by atoms with Gasteiger partial charge in [0.05, 0.1) is 18.4 Å². The zero-order valence-electron chi connectivity index (χ0n) is 11.2. The molecule has 0 spiro atoms. The molecule has 0 aromatic heterocycles. The molecule has 110 valence electrons. The third-order valence-corrected chi connectivity index (χ3v) is 2.70. The summed E-state index contributed by atoms with van der Waals surface area (Å²) in [7, 11) is 1.44. The van der Waals surface area contributed by atoms with Crippen LogP contribution in [0, 0.1) is 0 Å². The van der Waals surface area contributed by atoms with Gasteiger partial charge in [0.25, 0.3) is 5.91 Å². The predicted octanol–water partition coefficient (Wildman–Crippen LogP) is 3.55. The molecule has 1 amide bonds. The average Bonchev–Trinajstić information content (AvgIpc) is 2.48. The number of amides is 1. The van der Waals surface area contributed by atoms with Crippen LogP contribution in [-0.4, -0.2) is 19.6 Å². The number of hydrogen-bond donors (Lipinski definition) is 1. The Morgan fingerprint density at radius 3 is 2.33 bits per heavy atom. The van der Waals surface area contributed by atoms with E-state index < -0.39 is 12.5 Å². The zero-order chi connectivity index (χ0) is 15.2. The fraction of sp³-hybridized carbons (Fsp3) is 0.133. The highest BCUT2D eigenvalue weighted by Crippen LogP contribution is 2.27. The second-order valence-electron chi connectivity index (χ2n) is 4.03. The summed E-state index contributed by atoms with van der Waals surface area (Å²) in [6.45, 7) is -2.96. The van der Waals surface area contributed by atoms with Crippen LogP contribution in [0.25, 0.3) is 0 Å². The number of methoxy groups -OCH3 is 1. The van der Waals surface area contributed by atoms with Gasteiger partial charge in [-0.25, -0.2) is 0 Å². The van der Waals surface area contributed by atoms with Crippen molar-refractivity contribution >= 4 is 11.6 Å². The molecular formula is C15H13F2NO3. The molecule has 0 aliphatic carbocycles. The van der Waals surface area contributed by atoms with Crippen LogP contribution < -0.4 is 14.8 Å². The first-order chi connectivity index (χ1) is 10.1. The molecule has 6 heteroatoms. The first-order valence-corrected chi connectivity index (χ1v) is 6.10. The summed E-state index contributed by atoms with van der Waals surface area (Å²) in [5.41, 5.74) is 0.459. The molecule has 2 aromatic carbocycles. The molecule has 2 aromatic rings. The molecule has 0 fully saturated rings. The van der Waals surface area contributed by atoms with Crippen molar-refractivity contribution in [2.45, 2.75) is 6.61 Å². The van der Waals surface area contributed by atoms with E-state index in [2.05, 4.69) is 10.1 Å². The van der Waals surface area contributed by atoms with Crippen LogP contribution in [0.4, 0.5) is 14.5 Å². The lowest BCUT2D eigenvalue weighted by atomic mass is 10.2. The number of halogens is 2. The second kappa shape index (κ2) is 6.69. The summed E-state index contributed by atoms with van der Waals surface area (Å²) < 4.78 is 34.1. The highest BCUT2D eigenvalue weighted by atomic mass is 19.3. The Labute approximate surface area is 120 Å². The van der Waals surface area contributed by atoms with Crippen LogP contribution in [0.5, 0.6) is 11.5 Å². The molecule has 0 heterocycles. The molecule has 21 heavy (non-hydrogen) atoms. The smallest absolute Gasteiger partial charge is 0.387 e. The topological polar surface area (TPSA) is 47.6 Å². The summed E-state index contributed by atoms with van der Waals surface area (Å²) in [5, 5.41) is 2.53. The van der Waals surface area contributed by atoms with E-state index >= 15 is 0 Å². The van der Waals surface area contributed by atoms with E-state index in [4.69, 9.17) is 4.74 Å². The number of para-hydroxylation sites is 3. The van der Waals surface area contributed by atoms with E-state index in [0.717, 1.165) is 0 Å². The van der Waals surface area contributed by atoms with Crippen molar-refractivity contribution in [1.82, 2.24) is 0 Å². The van der Waals surface area contributed by atoms with Gasteiger partial charge in [-0.05, 0) is 24.3 Å². The summed E-state index contributed by atoms with van der Waals surface area (Å²) >= 11 is 0. The predicted molar refractivity (Wildman–Crippen MR) is 74.0 cm³/mol. The molecule has 0 aliphatic rings. The van der Waals surface area contributed by atoms with E-state index in [0.29, 0.717) is 11.3 Å². The fourth-order valence-corrected chi connectivity index (χ4v) is 1.79. The van der Waals surface area contributed by atoms with Crippen LogP contribution in [0.15, 0.2) is 48.5 Å². The van der Waals surface area contributed by atoms with Gasteiger partial charge < -0.3 is 14.8 Å². The zero-order valence-corrected chi connectivity index (χ0v) is 11.2. The van der Waals surface area contributed by atoms with Crippen molar-refractivity contribution in [3.63, 3.8) is 0 Å². The van der Waals surface area contributed by atoms with E-state index in [1.165, 1.54) is 25.3 Å². The standard InChI is InChI=1S/C15H13F2NO3/c1-20-12-8-4-2-6-10(12)14(19)18-11-7-3-5-9-13(11)21-15(16)17/h2-9,15H,1H3,(H,18,19). The Hall–Kier alpha value is -2.63. The van der Waals surface area contributed by atoms with Crippen molar-refractivity contribution in [3.8, 4) is 11.5 Å². The SMILES string of the molecule is COc1ccccc1C(=O)Nc1ccccc1OC(F)F. The number of anilines is 1. The highest BCUT2D eigenvalue weighted by Gasteiger charge is 2.15. The molecule has 4 nitrogen and oxygen atoms in total. The maximum atomic E-state index is 12.3. The van der Waals surface area contributed by atoms with Gasteiger partial charge in [-0.1, -0.05) is 24.3 Å². The number of ether oxygens (including phenoxy) is 2. The lowest BCUT2D eigenvalue weighted by molar-refractivity contribution is -0.0493. The minimum atomic E-state index is -2.96. The molecule has 0 saturated heterocycles. The Morgan fingerprint density at radius 1 is 1.05 bits per heavy atom. The van der Waals surface area contributed by atoms with Crippen LogP contribution in [0.3, 0.4) is 0 Å². The van der Waals surface area contributed by atoms with Crippen molar-refractivity contribution in [2.75, 3.05) is 12.4 Å². The van der Waals surface area contributed by atoms with Crippen molar-refractivity contribution in [1.29, 1.82) is 0 Å². The lowest BCUT2D eigenvalue weighted by Gasteiger charge is -2.12. The van der Waals surface area contributed by atoms with Crippen LogP contribution in [0.1, 0.15) is 10.4 Å². The molecule has 0 atom stereocenters. The van der Waals surface area contributed by atoms with E-state index in [9.17, 15) is 13.6 Å². The first kappa shape index (κ1) is 14.8. The third-order valence-electron chi connectivity index (χ3n) is 2.70. The molecular weight excluding hydrogens is 280 g/mol. The number of benzene rings is 2. The van der Waals surface area contributed by atoms with E-state index in [1.54, 1.807) is 30.3 Å². The first-order valence-electron chi connectivity index (χ1n) is 6.10. The Morgan fingerprint density at radius 2 is 1.67 bits per heavy atom.